The van der Waals surface area contributed by atoms with Crippen molar-refractivity contribution in [1.29, 1.82) is 0 Å². The third-order valence-electron chi connectivity index (χ3n) is 3.07. The van der Waals surface area contributed by atoms with E-state index in [0.717, 1.165) is 6.42 Å². The van der Waals surface area contributed by atoms with Crippen molar-refractivity contribution in [2.75, 3.05) is 13.2 Å². The third kappa shape index (κ3) is 3.24. The fourth-order valence-corrected chi connectivity index (χ4v) is 1.32. The van der Waals surface area contributed by atoms with Crippen LogP contribution < -0.4 is 5.73 Å². The minimum absolute atomic E-state index is 0.292. The molecule has 0 amide bonds. The minimum Gasteiger partial charge on any atom is -0.502 e. The van der Waals surface area contributed by atoms with Crippen molar-refractivity contribution >= 4 is 7.12 Å². The molecule has 5 heteroatoms. The smallest absolute Gasteiger partial charge is 0.490 e. The monoisotopic (exact) mass is 227 g/mol. The summed E-state index contributed by atoms with van der Waals surface area (Å²) in [5.74, 6) is 1.78. The van der Waals surface area contributed by atoms with E-state index in [9.17, 15) is 0 Å². The highest BCUT2D eigenvalue weighted by Gasteiger charge is 2.50. The summed E-state index contributed by atoms with van der Waals surface area (Å²) in [5, 5.41) is 0. The number of hydrogen-bond donors (Lipinski definition) is 1. The Hall–Kier alpha value is -0.515. The quantitative estimate of drug-likeness (QED) is 0.439. The molecule has 0 bridgehead atoms. The van der Waals surface area contributed by atoms with Crippen molar-refractivity contribution in [2.45, 2.75) is 45.3 Å². The first kappa shape index (κ1) is 13.5. The number of ether oxygens (including phenoxy) is 1. The van der Waals surface area contributed by atoms with E-state index < -0.39 is 0 Å². The summed E-state index contributed by atoms with van der Waals surface area (Å²) in [5.41, 5.74) is 4.77. The molecule has 1 aliphatic heterocycles. The van der Waals surface area contributed by atoms with Crippen molar-refractivity contribution in [3.8, 4) is 0 Å². The highest BCUT2D eigenvalue weighted by atomic mass is 16.7. The van der Waals surface area contributed by atoms with Crippen LogP contribution in [0.4, 0.5) is 0 Å². The molecular formula is C11H22BNO3. The van der Waals surface area contributed by atoms with Gasteiger partial charge in [-0.15, -0.1) is 0 Å². The molecule has 0 saturated carbocycles. The predicted octanol–water partition coefficient (Wildman–Crippen LogP) is 1.50. The Morgan fingerprint density at radius 1 is 1.19 bits per heavy atom. The van der Waals surface area contributed by atoms with E-state index in [2.05, 4.69) is 0 Å². The average molecular weight is 227 g/mol. The van der Waals surface area contributed by atoms with Crippen molar-refractivity contribution in [3.63, 3.8) is 0 Å². The van der Waals surface area contributed by atoms with Gasteiger partial charge in [-0.05, 0) is 46.6 Å². The summed E-state index contributed by atoms with van der Waals surface area (Å²) in [6.07, 6.45) is 2.48. The number of rotatable bonds is 5. The molecule has 92 valence electrons. The highest BCUT2D eigenvalue weighted by molar-refractivity contribution is 6.51. The Morgan fingerprint density at radius 2 is 1.75 bits per heavy atom. The lowest BCUT2D eigenvalue weighted by Gasteiger charge is -2.32. The normalized spacial score (nSPS) is 22.9. The van der Waals surface area contributed by atoms with Crippen molar-refractivity contribution in [2.24, 2.45) is 5.73 Å². The fourth-order valence-electron chi connectivity index (χ4n) is 1.32. The number of nitrogens with two attached hydrogens (primary N) is 1. The van der Waals surface area contributed by atoms with E-state index in [0.29, 0.717) is 13.2 Å². The molecule has 0 aromatic rings. The average Bonchev–Trinajstić information content (AvgIpc) is 2.35. The second kappa shape index (κ2) is 5.21. The van der Waals surface area contributed by atoms with E-state index in [4.69, 9.17) is 19.8 Å². The molecule has 1 saturated heterocycles. The fraction of sp³-hybridized carbons (Fsp3) is 0.818. The van der Waals surface area contributed by atoms with E-state index in [-0.39, 0.29) is 18.3 Å². The molecule has 0 radical (unpaired) electrons. The van der Waals surface area contributed by atoms with Gasteiger partial charge in [0.25, 0.3) is 0 Å². The summed E-state index contributed by atoms with van der Waals surface area (Å²) in [7, 11) is -0.331. The van der Waals surface area contributed by atoms with Gasteiger partial charge in [-0.2, -0.15) is 0 Å². The van der Waals surface area contributed by atoms with Gasteiger partial charge in [0.05, 0.1) is 24.1 Å². The second-order valence-electron chi connectivity index (χ2n) is 4.97. The summed E-state index contributed by atoms with van der Waals surface area (Å²) in [6.45, 7) is 9.37. The van der Waals surface area contributed by atoms with Gasteiger partial charge in [0.2, 0.25) is 0 Å². The van der Waals surface area contributed by atoms with Crippen molar-refractivity contribution in [1.82, 2.24) is 0 Å². The van der Waals surface area contributed by atoms with E-state index in [1.165, 1.54) is 0 Å². The zero-order chi connectivity index (χ0) is 12.2. The van der Waals surface area contributed by atoms with Crippen molar-refractivity contribution < 1.29 is 14.0 Å². The summed E-state index contributed by atoms with van der Waals surface area (Å²) < 4.78 is 16.8. The molecule has 0 aromatic heterocycles. The van der Waals surface area contributed by atoms with Gasteiger partial charge >= 0.3 is 7.12 Å². The standard InChI is InChI=1S/C11H22BNO3/c1-10(2)11(3,4)16-12(15-10)6-9-14-8-5-7-13/h6,9H,5,7-8,13H2,1-4H3/b9-6+. The largest absolute Gasteiger partial charge is 0.502 e. The van der Waals surface area contributed by atoms with Gasteiger partial charge in [-0.25, -0.2) is 0 Å². The van der Waals surface area contributed by atoms with Gasteiger partial charge in [-0.3, -0.25) is 0 Å². The van der Waals surface area contributed by atoms with Crippen LogP contribution in [0.2, 0.25) is 0 Å². The molecule has 0 spiro atoms. The lowest BCUT2D eigenvalue weighted by atomic mass is 9.90. The zero-order valence-electron chi connectivity index (χ0n) is 10.7. The van der Waals surface area contributed by atoms with E-state index in [1.807, 2.05) is 27.7 Å². The van der Waals surface area contributed by atoms with Gasteiger partial charge in [-0.1, -0.05) is 0 Å². The first-order valence-corrected chi connectivity index (χ1v) is 5.73. The van der Waals surface area contributed by atoms with Crippen LogP contribution in [0.3, 0.4) is 0 Å². The maximum atomic E-state index is 5.76. The van der Waals surface area contributed by atoms with Crippen LogP contribution in [0.15, 0.2) is 12.2 Å². The minimum atomic E-state index is -0.331. The van der Waals surface area contributed by atoms with Crippen molar-refractivity contribution in [3.05, 3.63) is 12.2 Å². The first-order valence-electron chi connectivity index (χ1n) is 5.73. The Morgan fingerprint density at radius 3 is 2.25 bits per heavy atom. The molecule has 0 aliphatic carbocycles. The topological polar surface area (TPSA) is 53.7 Å². The van der Waals surface area contributed by atoms with Crippen LogP contribution in [0.25, 0.3) is 0 Å². The number of hydrogen-bond acceptors (Lipinski definition) is 4. The Bertz CT molecular complexity index is 238. The molecule has 1 rings (SSSR count). The van der Waals surface area contributed by atoms with Crippen LogP contribution in [-0.4, -0.2) is 31.5 Å². The second-order valence-corrected chi connectivity index (χ2v) is 4.97. The van der Waals surface area contributed by atoms with E-state index >= 15 is 0 Å². The van der Waals surface area contributed by atoms with Crippen LogP contribution >= 0.6 is 0 Å². The predicted molar refractivity (Wildman–Crippen MR) is 64.8 cm³/mol. The lowest BCUT2D eigenvalue weighted by Crippen LogP contribution is -2.41. The summed E-state index contributed by atoms with van der Waals surface area (Å²) in [4.78, 5) is 0. The van der Waals surface area contributed by atoms with Gasteiger partial charge < -0.3 is 19.8 Å². The lowest BCUT2D eigenvalue weighted by molar-refractivity contribution is 0.00578. The summed E-state index contributed by atoms with van der Waals surface area (Å²) >= 11 is 0. The molecule has 1 aliphatic rings. The maximum absolute atomic E-state index is 5.76. The van der Waals surface area contributed by atoms with Crippen LogP contribution in [0.1, 0.15) is 34.1 Å². The van der Waals surface area contributed by atoms with E-state index in [1.54, 1.807) is 12.2 Å². The molecule has 0 unspecified atom stereocenters. The van der Waals surface area contributed by atoms with Crippen LogP contribution in [0.5, 0.6) is 0 Å². The Kier molecular flexibility index (Phi) is 4.41. The van der Waals surface area contributed by atoms with Gasteiger partial charge in [0, 0.05) is 0 Å². The van der Waals surface area contributed by atoms with Gasteiger partial charge in [0.1, 0.15) is 0 Å². The molecule has 1 heterocycles. The molecule has 0 aromatic carbocycles. The third-order valence-corrected chi connectivity index (χ3v) is 3.07. The zero-order valence-corrected chi connectivity index (χ0v) is 10.7. The van der Waals surface area contributed by atoms with Crippen LogP contribution in [0, 0.1) is 0 Å². The molecule has 2 N–H and O–H groups in total. The first-order chi connectivity index (χ1) is 7.39. The van der Waals surface area contributed by atoms with Gasteiger partial charge in [0.15, 0.2) is 0 Å². The highest BCUT2D eigenvalue weighted by Crippen LogP contribution is 2.36. The molecular weight excluding hydrogens is 205 g/mol. The molecule has 4 nitrogen and oxygen atoms in total. The molecule has 1 fully saturated rings. The SMILES string of the molecule is CC1(C)OB(/C=C/OCCCN)OC1(C)C. The molecule has 16 heavy (non-hydrogen) atoms. The molecule has 0 atom stereocenters. The Balaban J connectivity index is 2.36. The maximum Gasteiger partial charge on any atom is 0.490 e. The van der Waals surface area contributed by atoms with Crippen LogP contribution in [-0.2, 0) is 14.0 Å². The Labute approximate surface area is 98.3 Å². The summed E-state index contributed by atoms with van der Waals surface area (Å²) in [6, 6.07) is 0.